The van der Waals surface area contributed by atoms with Gasteiger partial charge in [0, 0.05) is 6.54 Å². The maximum absolute atomic E-state index is 12.1. The van der Waals surface area contributed by atoms with Crippen LogP contribution in [0, 0.1) is 23.7 Å². The van der Waals surface area contributed by atoms with Crippen molar-refractivity contribution in [1.82, 2.24) is 4.90 Å². The molecule has 2 fully saturated rings. The zero-order chi connectivity index (χ0) is 11.3. The SMILES string of the molecule is C=CCCN1C(=O)[C@@H]2C3C=CC(C3)[C@@H]2C1=O. The summed E-state index contributed by atoms with van der Waals surface area (Å²) in [4.78, 5) is 25.7. The second kappa shape index (κ2) is 3.30. The summed E-state index contributed by atoms with van der Waals surface area (Å²) in [6, 6.07) is 0. The Hall–Kier alpha value is -1.38. The molecule has 0 aromatic rings. The number of hydrogen-bond donors (Lipinski definition) is 0. The number of hydrogen-bond acceptors (Lipinski definition) is 2. The molecule has 1 saturated carbocycles. The number of nitrogens with zero attached hydrogens (tertiary/aromatic N) is 1. The van der Waals surface area contributed by atoms with Crippen molar-refractivity contribution in [2.24, 2.45) is 23.7 Å². The zero-order valence-corrected chi connectivity index (χ0v) is 9.13. The Morgan fingerprint density at radius 2 is 1.81 bits per heavy atom. The molecule has 2 amide bonds. The lowest BCUT2D eigenvalue weighted by atomic mass is 9.85. The predicted octanol–water partition coefficient (Wildman–Crippen LogP) is 1.37. The molecule has 3 heteroatoms. The third kappa shape index (κ3) is 1.09. The number of allylic oxidation sites excluding steroid dienone is 2. The fraction of sp³-hybridized carbons (Fsp3) is 0.538. The van der Waals surface area contributed by atoms with Gasteiger partial charge in [0.1, 0.15) is 0 Å². The summed E-state index contributed by atoms with van der Waals surface area (Å²) in [6.45, 7) is 4.13. The van der Waals surface area contributed by atoms with Crippen LogP contribution in [0.2, 0.25) is 0 Å². The molecule has 2 bridgehead atoms. The maximum Gasteiger partial charge on any atom is 0.233 e. The van der Waals surface area contributed by atoms with E-state index < -0.39 is 0 Å². The number of amides is 2. The Morgan fingerprint density at radius 3 is 2.31 bits per heavy atom. The molecule has 3 rings (SSSR count). The summed E-state index contributed by atoms with van der Waals surface area (Å²) < 4.78 is 0. The maximum atomic E-state index is 12.1. The smallest absolute Gasteiger partial charge is 0.233 e. The predicted molar refractivity (Wildman–Crippen MR) is 59.3 cm³/mol. The minimum atomic E-state index is -0.0488. The topological polar surface area (TPSA) is 37.4 Å². The van der Waals surface area contributed by atoms with E-state index in [-0.39, 0.29) is 23.7 Å². The Balaban J connectivity index is 1.86. The van der Waals surface area contributed by atoms with E-state index in [4.69, 9.17) is 0 Å². The summed E-state index contributed by atoms with van der Waals surface area (Å²) in [5, 5.41) is 0. The highest BCUT2D eigenvalue weighted by Crippen LogP contribution is 2.52. The Bertz CT molecular complexity index is 369. The van der Waals surface area contributed by atoms with Gasteiger partial charge in [0.2, 0.25) is 11.8 Å². The van der Waals surface area contributed by atoms with Gasteiger partial charge in [-0.15, -0.1) is 6.58 Å². The lowest BCUT2D eigenvalue weighted by Crippen LogP contribution is -2.33. The van der Waals surface area contributed by atoms with Crippen molar-refractivity contribution in [2.45, 2.75) is 12.8 Å². The first-order valence-corrected chi connectivity index (χ1v) is 5.88. The van der Waals surface area contributed by atoms with Gasteiger partial charge in [0.05, 0.1) is 11.8 Å². The standard InChI is InChI=1S/C13H15NO2/c1-2-3-6-14-12(15)10-8-4-5-9(7-8)11(10)13(14)16/h2,4-5,8-11H,1,3,6-7H2/t8?,9?,10-,11+. The van der Waals surface area contributed by atoms with E-state index >= 15 is 0 Å². The average molecular weight is 217 g/mol. The molecule has 2 unspecified atom stereocenters. The quantitative estimate of drug-likeness (QED) is 0.529. The number of rotatable bonds is 3. The van der Waals surface area contributed by atoms with Crippen LogP contribution < -0.4 is 0 Å². The molecule has 4 atom stereocenters. The van der Waals surface area contributed by atoms with Gasteiger partial charge in [-0.3, -0.25) is 14.5 Å². The van der Waals surface area contributed by atoms with Crippen molar-refractivity contribution in [1.29, 1.82) is 0 Å². The highest BCUT2D eigenvalue weighted by atomic mass is 16.2. The van der Waals surface area contributed by atoms with Crippen molar-refractivity contribution >= 4 is 11.8 Å². The summed E-state index contributed by atoms with van der Waals surface area (Å²) >= 11 is 0. The number of carbonyl (C=O) groups is 2. The third-order valence-electron chi connectivity index (χ3n) is 4.12. The van der Waals surface area contributed by atoms with Crippen LogP contribution in [0.4, 0.5) is 0 Å². The van der Waals surface area contributed by atoms with E-state index in [9.17, 15) is 9.59 Å². The van der Waals surface area contributed by atoms with Crippen LogP contribution in [-0.4, -0.2) is 23.3 Å². The van der Waals surface area contributed by atoms with Crippen LogP contribution in [0.3, 0.4) is 0 Å². The third-order valence-corrected chi connectivity index (χ3v) is 4.12. The fourth-order valence-corrected chi connectivity index (χ4v) is 3.40. The Kier molecular flexibility index (Phi) is 2.03. The Morgan fingerprint density at radius 1 is 1.25 bits per heavy atom. The van der Waals surface area contributed by atoms with Gasteiger partial charge in [-0.2, -0.15) is 0 Å². The molecule has 1 saturated heterocycles. The fourth-order valence-electron chi connectivity index (χ4n) is 3.40. The van der Waals surface area contributed by atoms with E-state index in [0.29, 0.717) is 24.8 Å². The molecule has 0 aromatic heterocycles. The summed E-state index contributed by atoms with van der Waals surface area (Å²) in [5.41, 5.74) is 0. The number of carbonyl (C=O) groups excluding carboxylic acids is 2. The lowest BCUT2D eigenvalue weighted by molar-refractivity contribution is -0.140. The van der Waals surface area contributed by atoms with Gasteiger partial charge in [0.15, 0.2) is 0 Å². The summed E-state index contributed by atoms with van der Waals surface area (Å²) in [7, 11) is 0. The lowest BCUT2D eigenvalue weighted by Gasteiger charge is -2.15. The summed E-state index contributed by atoms with van der Waals surface area (Å²) in [6.07, 6.45) is 7.69. The molecule has 3 nitrogen and oxygen atoms in total. The molecular weight excluding hydrogens is 202 g/mol. The van der Waals surface area contributed by atoms with Crippen LogP contribution in [0.15, 0.2) is 24.8 Å². The van der Waals surface area contributed by atoms with Gasteiger partial charge in [-0.05, 0) is 24.7 Å². The molecule has 0 spiro atoms. The number of fused-ring (bicyclic) bond motifs is 5. The highest BCUT2D eigenvalue weighted by Gasteiger charge is 2.58. The normalized spacial score (nSPS) is 39.6. The zero-order valence-electron chi connectivity index (χ0n) is 9.13. The molecule has 0 radical (unpaired) electrons. The molecule has 0 N–H and O–H groups in total. The van der Waals surface area contributed by atoms with E-state index in [1.54, 1.807) is 6.08 Å². The molecule has 1 aliphatic heterocycles. The first-order valence-electron chi connectivity index (χ1n) is 5.88. The first kappa shape index (κ1) is 9.82. The van der Waals surface area contributed by atoms with Crippen molar-refractivity contribution < 1.29 is 9.59 Å². The van der Waals surface area contributed by atoms with Crippen molar-refractivity contribution in [2.75, 3.05) is 6.54 Å². The minimum Gasteiger partial charge on any atom is -0.282 e. The molecule has 2 aliphatic carbocycles. The largest absolute Gasteiger partial charge is 0.282 e. The van der Waals surface area contributed by atoms with Gasteiger partial charge >= 0.3 is 0 Å². The molecular formula is C13H15NO2. The second-order valence-corrected chi connectivity index (χ2v) is 4.91. The van der Waals surface area contributed by atoms with Crippen LogP contribution >= 0.6 is 0 Å². The molecule has 84 valence electrons. The number of imide groups is 1. The van der Waals surface area contributed by atoms with Gasteiger partial charge < -0.3 is 0 Å². The molecule has 0 aromatic carbocycles. The van der Waals surface area contributed by atoms with Crippen molar-refractivity contribution in [3.05, 3.63) is 24.8 Å². The molecule has 1 heterocycles. The van der Waals surface area contributed by atoms with E-state index in [1.165, 1.54) is 4.90 Å². The van der Waals surface area contributed by atoms with Crippen LogP contribution in [0.5, 0.6) is 0 Å². The number of likely N-dealkylation sites (tertiary alicyclic amines) is 1. The van der Waals surface area contributed by atoms with Crippen molar-refractivity contribution in [3.8, 4) is 0 Å². The van der Waals surface area contributed by atoms with E-state index in [0.717, 1.165) is 6.42 Å². The van der Waals surface area contributed by atoms with Crippen LogP contribution in [0.1, 0.15) is 12.8 Å². The van der Waals surface area contributed by atoms with Gasteiger partial charge in [0.25, 0.3) is 0 Å². The first-order chi connectivity index (χ1) is 7.74. The molecule has 16 heavy (non-hydrogen) atoms. The highest BCUT2D eigenvalue weighted by molar-refractivity contribution is 6.06. The van der Waals surface area contributed by atoms with Crippen LogP contribution in [-0.2, 0) is 9.59 Å². The summed E-state index contributed by atoms with van der Waals surface area (Å²) in [5.74, 6) is 0.641. The van der Waals surface area contributed by atoms with Gasteiger partial charge in [-0.25, -0.2) is 0 Å². The second-order valence-electron chi connectivity index (χ2n) is 4.91. The molecule has 3 aliphatic rings. The van der Waals surface area contributed by atoms with E-state index in [1.807, 2.05) is 0 Å². The minimum absolute atomic E-state index is 0.0488. The van der Waals surface area contributed by atoms with E-state index in [2.05, 4.69) is 18.7 Å². The van der Waals surface area contributed by atoms with Gasteiger partial charge in [-0.1, -0.05) is 18.2 Å². The Labute approximate surface area is 94.8 Å². The van der Waals surface area contributed by atoms with Crippen LogP contribution in [0.25, 0.3) is 0 Å². The monoisotopic (exact) mass is 217 g/mol. The van der Waals surface area contributed by atoms with Crippen molar-refractivity contribution in [3.63, 3.8) is 0 Å². The average Bonchev–Trinajstić information content (AvgIpc) is 2.92.